The minimum Gasteiger partial charge on any atom is -0.389 e. The summed E-state index contributed by atoms with van der Waals surface area (Å²) in [5.41, 5.74) is 1.59. The summed E-state index contributed by atoms with van der Waals surface area (Å²) >= 11 is 1.83. The Balaban J connectivity index is 1.97. The third-order valence-electron chi connectivity index (χ3n) is 3.45. The normalized spacial score (nSPS) is 24.6. The minimum absolute atomic E-state index is 0.556. The van der Waals surface area contributed by atoms with Gasteiger partial charge in [-0.2, -0.15) is 11.8 Å². The molecule has 3 rings (SSSR count). The second kappa shape index (κ2) is 4.03. The van der Waals surface area contributed by atoms with E-state index in [4.69, 9.17) is 0 Å². The van der Waals surface area contributed by atoms with E-state index in [2.05, 4.69) is 15.6 Å². The molecule has 0 spiro atoms. The zero-order valence-corrected chi connectivity index (χ0v) is 10.7. The lowest BCUT2D eigenvalue weighted by molar-refractivity contribution is 0.0659. The van der Waals surface area contributed by atoms with E-state index in [0.29, 0.717) is 6.42 Å². The van der Waals surface area contributed by atoms with Crippen molar-refractivity contribution in [1.82, 2.24) is 9.55 Å². The molecule has 1 aromatic carbocycles. The van der Waals surface area contributed by atoms with Crippen LogP contribution in [0.15, 0.2) is 24.3 Å². The van der Waals surface area contributed by atoms with Crippen molar-refractivity contribution < 1.29 is 5.11 Å². The van der Waals surface area contributed by atoms with Gasteiger partial charge in [-0.25, -0.2) is 4.98 Å². The van der Waals surface area contributed by atoms with Crippen LogP contribution in [0.1, 0.15) is 12.2 Å². The first-order valence-corrected chi connectivity index (χ1v) is 7.04. The summed E-state index contributed by atoms with van der Waals surface area (Å²) in [5, 5.41) is 10.4. The first kappa shape index (κ1) is 11.1. The summed E-state index contributed by atoms with van der Waals surface area (Å²) in [6.07, 6.45) is 1.53. The average molecular weight is 248 g/mol. The monoisotopic (exact) mass is 248 g/mol. The zero-order valence-electron chi connectivity index (χ0n) is 9.89. The maximum absolute atomic E-state index is 10.4. The molecular weight excluding hydrogens is 232 g/mol. The van der Waals surface area contributed by atoms with Crippen molar-refractivity contribution in [3.8, 4) is 0 Å². The molecule has 1 atom stereocenters. The minimum atomic E-state index is -0.556. The van der Waals surface area contributed by atoms with Gasteiger partial charge in [-0.15, -0.1) is 0 Å². The van der Waals surface area contributed by atoms with Crippen molar-refractivity contribution in [2.24, 2.45) is 7.05 Å². The van der Waals surface area contributed by atoms with Crippen molar-refractivity contribution in [2.45, 2.75) is 18.4 Å². The van der Waals surface area contributed by atoms with Crippen molar-refractivity contribution in [3.63, 3.8) is 0 Å². The summed E-state index contributed by atoms with van der Waals surface area (Å²) in [6, 6.07) is 8.11. The van der Waals surface area contributed by atoms with E-state index in [0.717, 1.165) is 34.8 Å². The number of hydrogen-bond acceptors (Lipinski definition) is 3. The highest BCUT2D eigenvalue weighted by atomic mass is 32.2. The lowest BCUT2D eigenvalue weighted by Crippen LogP contribution is -2.32. The molecule has 0 aliphatic carbocycles. The summed E-state index contributed by atoms with van der Waals surface area (Å²) in [5.74, 6) is 2.87. The number of aryl methyl sites for hydroxylation is 1. The predicted molar refractivity (Wildman–Crippen MR) is 71.3 cm³/mol. The first-order valence-electron chi connectivity index (χ1n) is 5.88. The van der Waals surface area contributed by atoms with Gasteiger partial charge in [-0.1, -0.05) is 12.1 Å². The van der Waals surface area contributed by atoms with Crippen LogP contribution in [-0.4, -0.2) is 31.8 Å². The summed E-state index contributed by atoms with van der Waals surface area (Å²) < 4.78 is 2.09. The van der Waals surface area contributed by atoms with Gasteiger partial charge < -0.3 is 9.67 Å². The molecule has 2 heterocycles. The first-order chi connectivity index (χ1) is 8.18. The van der Waals surface area contributed by atoms with Crippen LogP contribution in [0.25, 0.3) is 11.0 Å². The molecule has 3 nitrogen and oxygen atoms in total. The third kappa shape index (κ3) is 1.96. The van der Waals surface area contributed by atoms with Crippen molar-refractivity contribution in [1.29, 1.82) is 0 Å². The van der Waals surface area contributed by atoms with E-state index in [9.17, 15) is 5.11 Å². The Morgan fingerprint density at radius 1 is 1.47 bits per heavy atom. The molecule has 0 amide bonds. The van der Waals surface area contributed by atoms with E-state index in [1.54, 1.807) is 0 Å². The number of aliphatic hydroxyl groups is 1. The number of para-hydroxylation sites is 2. The van der Waals surface area contributed by atoms with Gasteiger partial charge in [-0.3, -0.25) is 0 Å². The van der Waals surface area contributed by atoms with Crippen LogP contribution < -0.4 is 0 Å². The molecule has 17 heavy (non-hydrogen) atoms. The maximum atomic E-state index is 10.4. The lowest BCUT2D eigenvalue weighted by atomic mass is 9.99. The molecule has 1 fully saturated rings. The lowest BCUT2D eigenvalue weighted by Gasteiger charge is -2.20. The highest BCUT2D eigenvalue weighted by Gasteiger charge is 2.33. The summed E-state index contributed by atoms with van der Waals surface area (Å²) in [7, 11) is 2.02. The summed E-state index contributed by atoms with van der Waals surface area (Å²) in [6.45, 7) is 0. The Bertz CT molecular complexity index is 543. The molecule has 0 bridgehead atoms. The van der Waals surface area contributed by atoms with Crippen LogP contribution in [0.5, 0.6) is 0 Å². The highest BCUT2D eigenvalue weighted by Crippen LogP contribution is 2.31. The number of imidazole rings is 1. The maximum Gasteiger partial charge on any atom is 0.112 e. The molecule has 1 N–H and O–H groups in total. The van der Waals surface area contributed by atoms with Gasteiger partial charge in [0.15, 0.2) is 0 Å². The molecule has 4 heteroatoms. The molecule has 0 saturated carbocycles. The van der Waals surface area contributed by atoms with Gasteiger partial charge in [-0.05, 0) is 24.3 Å². The number of rotatable bonds is 2. The number of thioether (sulfide) groups is 1. The van der Waals surface area contributed by atoms with Gasteiger partial charge in [0.25, 0.3) is 0 Å². The molecular formula is C13H16N2OS. The molecule has 1 aliphatic heterocycles. The summed E-state index contributed by atoms with van der Waals surface area (Å²) in [4.78, 5) is 4.61. The van der Waals surface area contributed by atoms with E-state index >= 15 is 0 Å². The van der Waals surface area contributed by atoms with E-state index in [-0.39, 0.29) is 0 Å². The number of benzene rings is 1. The Morgan fingerprint density at radius 3 is 3.00 bits per heavy atom. The van der Waals surface area contributed by atoms with Crippen LogP contribution in [0.4, 0.5) is 0 Å². The third-order valence-corrected chi connectivity index (χ3v) is 4.68. The predicted octanol–water partition coefficient (Wildman–Crippen LogP) is 1.98. The van der Waals surface area contributed by atoms with Crippen molar-refractivity contribution >= 4 is 22.8 Å². The van der Waals surface area contributed by atoms with Gasteiger partial charge in [0.1, 0.15) is 5.82 Å². The number of nitrogens with zero attached hydrogens (tertiary/aromatic N) is 2. The standard InChI is InChI=1S/C13H16N2OS/c1-15-11-5-3-2-4-10(11)14-12(15)8-13(16)6-7-17-9-13/h2-5,16H,6-9H2,1H3. The fraction of sp³-hybridized carbons (Fsp3) is 0.462. The Hall–Kier alpha value is -1.00. The fourth-order valence-corrected chi connectivity index (χ4v) is 3.68. The van der Waals surface area contributed by atoms with Gasteiger partial charge >= 0.3 is 0 Å². The van der Waals surface area contributed by atoms with Crippen LogP contribution in [0.2, 0.25) is 0 Å². The zero-order chi connectivity index (χ0) is 11.9. The van der Waals surface area contributed by atoms with Gasteiger partial charge in [0.05, 0.1) is 16.6 Å². The number of hydrogen-bond donors (Lipinski definition) is 1. The molecule has 90 valence electrons. The Kier molecular flexibility index (Phi) is 2.64. The van der Waals surface area contributed by atoms with Crippen LogP contribution in [0.3, 0.4) is 0 Å². The van der Waals surface area contributed by atoms with E-state index in [1.807, 2.05) is 37.0 Å². The molecule has 0 radical (unpaired) electrons. The fourth-order valence-electron chi connectivity index (χ4n) is 2.38. The molecule has 1 aromatic heterocycles. The van der Waals surface area contributed by atoms with Crippen molar-refractivity contribution in [2.75, 3.05) is 11.5 Å². The van der Waals surface area contributed by atoms with Gasteiger partial charge in [0.2, 0.25) is 0 Å². The molecule has 1 aliphatic rings. The second-order valence-corrected chi connectivity index (χ2v) is 5.88. The largest absolute Gasteiger partial charge is 0.389 e. The van der Waals surface area contributed by atoms with E-state index < -0.39 is 5.60 Å². The molecule has 1 saturated heterocycles. The van der Waals surface area contributed by atoms with Crippen LogP contribution in [0, 0.1) is 0 Å². The van der Waals surface area contributed by atoms with E-state index in [1.165, 1.54) is 0 Å². The Labute approximate surface area is 105 Å². The SMILES string of the molecule is Cn1c(CC2(O)CCSC2)nc2ccccc21. The quantitative estimate of drug-likeness (QED) is 0.883. The van der Waals surface area contributed by atoms with Crippen molar-refractivity contribution in [3.05, 3.63) is 30.1 Å². The second-order valence-electron chi connectivity index (χ2n) is 4.78. The number of fused-ring (bicyclic) bond motifs is 1. The average Bonchev–Trinajstić information content (AvgIpc) is 2.86. The molecule has 1 unspecified atom stereocenters. The topological polar surface area (TPSA) is 38.0 Å². The van der Waals surface area contributed by atoms with Gasteiger partial charge in [0, 0.05) is 19.2 Å². The highest BCUT2D eigenvalue weighted by molar-refractivity contribution is 7.99. The smallest absolute Gasteiger partial charge is 0.112 e. The Morgan fingerprint density at radius 2 is 2.29 bits per heavy atom. The molecule has 2 aromatic rings. The number of aromatic nitrogens is 2. The van der Waals surface area contributed by atoms with Crippen LogP contribution >= 0.6 is 11.8 Å². The van der Waals surface area contributed by atoms with Crippen LogP contribution in [-0.2, 0) is 13.5 Å².